The summed E-state index contributed by atoms with van der Waals surface area (Å²) in [5, 5.41) is 8.93. The number of carbonyl (C=O) groups excluding carboxylic acids is 1. The van der Waals surface area contributed by atoms with Gasteiger partial charge < -0.3 is 10.1 Å². The fourth-order valence-corrected chi connectivity index (χ4v) is 6.02. The SMILES string of the molecule is CC1(C)CC(=O)C2=C(C1)Nc1c(c(-c3ccccc3)nn1C(C)(C)C)C2c1ccc(OCc2ccccc2)cc1. The Morgan fingerprint density at radius 1 is 0.925 bits per heavy atom. The topological polar surface area (TPSA) is 56.2 Å². The van der Waals surface area contributed by atoms with Gasteiger partial charge in [-0.15, -0.1) is 0 Å². The molecule has 2 heterocycles. The second-order valence-electron chi connectivity index (χ2n) is 12.8. The summed E-state index contributed by atoms with van der Waals surface area (Å²) in [4.78, 5) is 13.9. The molecule has 1 atom stereocenters. The van der Waals surface area contributed by atoms with Crippen molar-refractivity contribution in [3.05, 3.63) is 113 Å². The van der Waals surface area contributed by atoms with Crippen molar-refractivity contribution in [1.82, 2.24) is 9.78 Å². The van der Waals surface area contributed by atoms with Gasteiger partial charge in [0.1, 0.15) is 18.2 Å². The van der Waals surface area contributed by atoms with Crippen molar-refractivity contribution in [2.75, 3.05) is 5.32 Å². The molecule has 40 heavy (non-hydrogen) atoms. The molecule has 0 amide bonds. The maximum Gasteiger partial charge on any atom is 0.162 e. The highest BCUT2D eigenvalue weighted by atomic mass is 16.5. The normalized spacial score (nSPS) is 18.1. The Morgan fingerprint density at radius 2 is 1.57 bits per heavy atom. The average molecular weight is 532 g/mol. The first-order valence-electron chi connectivity index (χ1n) is 14.1. The van der Waals surface area contributed by atoms with E-state index in [0.29, 0.717) is 13.0 Å². The molecule has 5 nitrogen and oxygen atoms in total. The molecule has 5 heteroatoms. The minimum Gasteiger partial charge on any atom is -0.489 e. The van der Waals surface area contributed by atoms with Crippen molar-refractivity contribution in [3.63, 3.8) is 0 Å². The summed E-state index contributed by atoms with van der Waals surface area (Å²) < 4.78 is 8.20. The second kappa shape index (κ2) is 9.81. The van der Waals surface area contributed by atoms with Crippen molar-refractivity contribution in [2.24, 2.45) is 5.41 Å². The van der Waals surface area contributed by atoms with Crippen LogP contribution in [0.25, 0.3) is 11.3 Å². The number of allylic oxidation sites excluding steroid dienone is 2. The van der Waals surface area contributed by atoms with Crippen LogP contribution in [-0.2, 0) is 16.9 Å². The first kappa shape index (κ1) is 26.1. The van der Waals surface area contributed by atoms with Gasteiger partial charge in [0.2, 0.25) is 0 Å². The van der Waals surface area contributed by atoms with Crippen LogP contribution in [0.1, 0.15) is 70.1 Å². The van der Waals surface area contributed by atoms with Crippen LogP contribution in [0.2, 0.25) is 0 Å². The Morgan fingerprint density at radius 3 is 2.23 bits per heavy atom. The van der Waals surface area contributed by atoms with Gasteiger partial charge in [-0.25, -0.2) is 4.68 Å². The summed E-state index contributed by atoms with van der Waals surface area (Å²) in [7, 11) is 0. The van der Waals surface area contributed by atoms with Crippen molar-refractivity contribution in [3.8, 4) is 17.0 Å². The van der Waals surface area contributed by atoms with Crippen LogP contribution in [0.5, 0.6) is 5.75 Å². The molecule has 1 aromatic heterocycles. The van der Waals surface area contributed by atoms with E-state index in [1.807, 2.05) is 48.5 Å². The van der Waals surface area contributed by atoms with E-state index >= 15 is 0 Å². The number of nitrogens with zero attached hydrogens (tertiary/aromatic N) is 2. The summed E-state index contributed by atoms with van der Waals surface area (Å²) in [5.41, 5.74) is 6.75. The molecule has 3 aromatic carbocycles. The van der Waals surface area contributed by atoms with E-state index in [1.165, 1.54) is 0 Å². The zero-order valence-electron chi connectivity index (χ0n) is 24.0. The molecule has 0 radical (unpaired) electrons. The number of fused-ring (bicyclic) bond motifs is 1. The Bertz CT molecular complexity index is 1570. The largest absolute Gasteiger partial charge is 0.489 e. The van der Waals surface area contributed by atoms with E-state index in [0.717, 1.165) is 57.2 Å². The third-order valence-corrected chi connectivity index (χ3v) is 7.83. The van der Waals surface area contributed by atoms with Crippen LogP contribution >= 0.6 is 0 Å². The number of nitrogens with one attached hydrogen (secondary N) is 1. The van der Waals surface area contributed by atoms with Gasteiger partial charge in [0.25, 0.3) is 0 Å². The Hall–Kier alpha value is -4.12. The van der Waals surface area contributed by atoms with Crippen molar-refractivity contribution >= 4 is 11.6 Å². The average Bonchev–Trinajstić information content (AvgIpc) is 3.31. The summed E-state index contributed by atoms with van der Waals surface area (Å²) >= 11 is 0. The Labute approximate surface area is 236 Å². The van der Waals surface area contributed by atoms with Gasteiger partial charge in [-0.3, -0.25) is 4.79 Å². The lowest BCUT2D eigenvalue weighted by atomic mass is 9.69. The van der Waals surface area contributed by atoms with Crippen LogP contribution < -0.4 is 10.1 Å². The second-order valence-corrected chi connectivity index (χ2v) is 12.8. The van der Waals surface area contributed by atoms with Crippen molar-refractivity contribution in [1.29, 1.82) is 0 Å². The monoisotopic (exact) mass is 531 g/mol. The van der Waals surface area contributed by atoms with E-state index in [1.54, 1.807) is 0 Å². The molecular weight excluding hydrogens is 494 g/mol. The molecule has 2 aliphatic rings. The number of rotatable bonds is 5. The van der Waals surface area contributed by atoms with Crippen LogP contribution in [0.15, 0.2) is 96.2 Å². The van der Waals surface area contributed by atoms with E-state index in [2.05, 4.69) is 81.0 Å². The summed E-state index contributed by atoms with van der Waals surface area (Å²) in [6.45, 7) is 11.4. The number of carbonyl (C=O) groups is 1. The van der Waals surface area contributed by atoms with E-state index in [9.17, 15) is 4.79 Å². The number of Topliss-reactive ketones (excluding diaryl/α,β-unsaturated/α-hetero) is 1. The molecule has 1 unspecified atom stereocenters. The van der Waals surface area contributed by atoms with Gasteiger partial charge in [0, 0.05) is 34.7 Å². The third-order valence-electron chi connectivity index (χ3n) is 7.83. The maximum absolute atomic E-state index is 13.9. The Balaban J connectivity index is 1.49. The molecule has 204 valence electrons. The molecule has 6 rings (SSSR count). The lowest BCUT2D eigenvalue weighted by molar-refractivity contribution is -0.118. The minimum absolute atomic E-state index is 0.102. The number of anilines is 1. The maximum atomic E-state index is 13.9. The number of aromatic nitrogens is 2. The smallest absolute Gasteiger partial charge is 0.162 e. The van der Waals surface area contributed by atoms with Gasteiger partial charge in [-0.05, 0) is 55.9 Å². The fourth-order valence-electron chi connectivity index (χ4n) is 6.02. The number of ketones is 1. The van der Waals surface area contributed by atoms with Gasteiger partial charge in [-0.1, -0.05) is 86.6 Å². The number of hydrogen-bond donors (Lipinski definition) is 1. The summed E-state index contributed by atoms with van der Waals surface area (Å²) in [5.74, 6) is 1.77. The van der Waals surface area contributed by atoms with Gasteiger partial charge in [0.05, 0.1) is 11.2 Å². The zero-order valence-corrected chi connectivity index (χ0v) is 24.0. The molecule has 1 aliphatic carbocycles. The number of ether oxygens (including phenoxy) is 1. The van der Waals surface area contributed by atoms with Crippen LogP contribution in [0.4, 0.5) is 5.82 Å². The minimum atomic E-state index is -0.254. The highest BCUT2D eigenvalue weighted by molar-refractivity contribution is 6.02. The van der Waals surface area contributed by atoms with Crippen LogP contribution in [0.3, 0.4) is 0 Å². The third kappa shape index (κ3) is 4.85. The standard InChI is InChI=1S/C35H37N3O2/c1-34(2,3)38-33-31(32(37-38)25-14-10-7-11-15-25)29(30-27(36-33)20-35(4,5)21-28(30)39)24-16-18-26(19-17-24)40-22-23-12-8-6-9-13-23/h6-19,29,36H,20-22H2,1-5H3. The molecule has 0 bridgehead atoms. The highest BCUT2D eigenvalue weighted by Gasteiger charge is 2.44. The molecule has 0 fully saturated rings. The lowest BCUT2D eigenvalue weighted by Crippen LogP contribution is -2.35. The fraction of sp³-hybridized carbons (Fsp3) is 0.314. The molecule has 4 aromatic rings. The quantitative estimate of drug-likeness (QED) is 0.283. The van der Waals surface area contributed by atoms with Crippen molar-refractivity contribution in [2.45, 2.75) is 65.5 Å². The molecule has 1 aliphatic heterocycles. The van der Waals surface area contributed by atoms with Crippen molar-refractivity contribution < 1.29 is 9.53 Å². The predicted molar refractivity (Wildman–Crippen MR) is 160 cm³/mol. The molecule has 0 saturated heterocycles. The van der Waals surface area contributed by atoms with E-state index < -0.39 is 0 Å². The van der Waals surface area contributed by atoms with Crippen LogP contribution in [-0.4, -0.2) is 15.6 Å². The highest BCUT2D eigenvalue weighted by Crippen LogP contribution is 2.52. The van der Waals surface area contributed by atoms with Gasteiger partial charge in [0.15, 0.2) is 5.78 Å². The first-order valence-corrected chi connectivity index (χ1v) is 14.1. The molecule has 1 N–H and O–H groups in total. The van der Waals surface area contributed by atoms with Gasteiger partial charge in [-0.2, -0.15) is 5.10 Å². The van der Waals surface area contributed by atoms with Gasteiger partial charge >= 0.3 is 0 Å². The number of benzene rings is 3. The summed E-state index contributed by atoms with van der Waals surface area (Å²) in [6, 6.07) is 28.7. The van der Waals surface area contributed by atoms with E-state index in [-0.39, 0.29) is 22.7 Å². The zero-order chi connectivity index (χ0) is 28.1. The lowest BCUT2D eigenvalue weighted by Gasteiger charge is -2.39. The molecular formula is C35H37N3O2. The molecule has 0 spiro atoms. The van der Waals surface area contributed by atoms with E-state index in [4.69, 9.17) is 9.84 Å². The number of hydrogen-bond acceptors (Lipinski definition) is 4. The van der Waals surface area contributed by atoms with Crippen LogP contribution in [0, 0.1) is 5.41 Å². The Kier molecular flexibility index (Phi) is 6.41. The first-order chi connectivity index (χ1) is 19.1. The predicted octanol–water partition coefficient (Wildman–Crippen LogP) is 8.08. The molecule has 0 saturated carbocycles. The summed E-state index contributed by atoms with van der Waals surface area (Å²) in [6.07, 6.45) is 1.35.